The van der Waals surface area contributed by atoms with E-state index in [4.69, 9.17) is 11.5 Å². The summed E-state index contributed by atoms with van der Waals surface area (Å²) in [4.78, 5) is 95.4. The van der Waals surface area contributed by atoms with Crippen LogP contribution in [0.4, 0.5) is 0 Å². The summed E-state index contributed by atoms with van der Waals surface area (Å²) in [6, 6.07) is 14.9. The Bertz CT molecular complexity index is 2460. The minimum Gasteiger partial charge on any atom is -0.508 e. The molecule has 3 aromatic carbocycles. The van der Waals surface area contributed by atoms with Crippen LogP contribution in [-0.2, 0) is 48.0 Å². The first kappa shape index (κ1) is 45.2. The number of hydrogen-bond acceptors (Lipinski definition) is 8. The molecule has 18 heteroatoms. The van der Waals surface area contributed by atoms with Gasteiger partial charge in [0.15, 0.2) is 5.96 Å². The number of phenolic OH excluding ortho intramolecular Hbond substituents is 1. The van der Waals surface area contributed by atoms with E-state index < -0.39 is 72.2 Å². The molecule has 0 aliphatic carbocycles. The number of hydrogen-bond donors (Lipinski definition) is 11. The Kier molecular flexibility index (Phi) is 15.0. The monoisotopic (exact) mass is 861 g/mol. The highest BCUT2D eigenvalue weighted by molar-refractivity contribution is 5.98. The van der Waals surface area contributed by atoms with Gasteiger partial charge in [0.2, 0.25) is 35.4 Å². The summed E-state index contributed by atoms with van der Waals surface area (Å²) in [5, 5.41) is 28.2. The maximum atomic E-state index is 14.6. The summed E-state index contributed by atoms with van der Waals surface area (Å²) >= 11 is 0. The van der Waals surface area contributed by atoms with E-state index in [0.717, 1.165) is 21.8 Å². The van der Waals surface area contributed by atoms with Crippen LogP contribution in [0, 0.1) is 5.92 Å². The third kappa shape index (κ3) is 12.4. The zero-order valence-electron chi connectivity index (χ0n) is 35.2. The van der Waals surface area contributed by atoms with Crippen molar-refractivity contribution in [3.63, 3.8) is 0 Å². The first-order chi connectivity index (χ1) is 30.2. The third-order valence-corrected chi connectivity index (χ3v) is 10.8. The Balaban J connectivity index is 1.39. The molecule has 0 radical (unpaired) electrons. The molecule has 0 bridgehead atoms. The molecule has 63 heavy (non-hydrogen) atoms. The zero-order valence-corrected chi connectivity index (χ0v) is 35.2. The predicted molar refractivity (Wildman–Crippen MR) is 238 cm³/mol. The maximum Gasteiger partial charge on any atom is 0.243 e. The topological polar surface area (TPSA) is 291 Å². The average molecular weight is 862 g/mol. The molecule has 332 valence electrons. The second-order valence-electron chi connectivity index (χ2n) is 16.2. The Morgan fingerprint density at radius 3 is 1.68 bits per heavy atom. The van der Waals surface area contributed by atoms with E-state index in [1.165, 1.54) is 12.1 Å². The van der Waals surface area contributed by atoms with E-state index >= 15 is 0 Å². The van der Waals surface area contributed by atoms with Gasteiger partial charge in [0, 0.05) is 60.0 Å². The van der Waals surface area contributed by atoms with Crippen LogP contribution in [0.2, 0.25) is 0 Å². The lowest BCUT2D eigenvalue weighted by Crippen LogP contribution is -2.61. The number of para-hydroxylation sites is 2. The Morgan fingerprint density at radius 1 is 0.635 bits per heavy atom. The second-order valence-corrected chi connectivity index (χ2v) is 16.2. The van der Waals surface area contributed by atoms with Gasteiger partial charge in [-0.05, 0) is 66.1 Å². The number of guanidine groups is 1. The number of aromatic nitrogens is 2. The van der Waals surface area contributed by atoms with Gasteiger partial charge in [0.1, 0.15) is 36.0 Å². The van der Waals surface area contributed by atoms with Crippen LogP contribution in [0.25, 0.3) is 21.8 Å². The van der Waals surface area contributed by atoms with Gasteiger partial charge in [-0.3, -0.25) is 33.8 Å². The molecule has 3 heterocycles. The summed E-state index contributed by atoms with van der Waals surface area (Å²) in [5.74, 6) is -4.39. The molecule has 1 aliphatic rings. The van der Waals surface area contributed by atoms with Crippen LogP contribution in [0.15, 0.2) is 90.2 Å². The van der Waals surface area contributed by atoms with Crippen molar-refractivity contribution in [1.29, 1.82) is 0 Å². The standard InChI is InChI=1S/C45H55N11O7/c1-25(2)18-35-41(60)53-34(12-7-17-48-45(46)47)40(59)51-24-39(58)52-37(20-27-22-49-32-10-5-3-8-30(27)32)43(62)55-36(19-26-13-15-29(57)16-14-26)42(61)56-38(44(63)54-35)21-28-23-50-33-11-6-4-9-31(28)33/h3-6,8-11,13-16,22-23,25,34-38,49-50,57H,7,12,17-21,24H2,1-2H3,(H,51,59)(H,52,58)(H,53,60)(H,54,63)(H,55,62)(H,56,61)(H4,46,47,48). The average Bonchev–Trinajstić information content (AvgIpc) is 3.86. The zero-order chi connectivity index (χ0) is 45.0. The van der Waals surface area contributed by atoms with E-state index in [1.807, 2.05) is 62.4 Å². The maximum absolute atomic E-state index is 14.6. The molecule has 18 nitrogen and oxygen atoms in total. The van der Waals surface area contributed by atoms with Gasteiger partial charge in [-0.1, -0.05) is 62.4 Å². The summed E-state index contributed by atoms with van der Waals surface area (Å²) in [7, 11) is 0. The summed E-state index contributed by atoms with van der Waals surface area (Å²) < 4.78 is 0. The fourth-order valence-electron chi connectivity index (χ4n) is 7.64. The molecule has 5 atom stereocenters. The molecule has 1 saturated heterocycles. The lowest BCUT2D eigenvalue weighted by Gasteiger charge is -2.28. The Hall–Kier alpha value is -7.37. The normalized spacial score (nSPS) is 20.8. The van der Waals surface area contributed by atoms with Gasteiger partial charge < -0.3 is 58.4 Å². The fraction of sp³-hybridized carbons (Fsp3) is 0.356. The largest absolute Gasteiger partial charge is 0.508 e. The smallest absolute Gasteiger partial charge is 0.243 e. The highest BCUT2D eigenvalue weighted by Gasteiger charge is 2.34. The molecule has 6 rings (SSSR count). The molecule has 1 aliphatic heterocycles. The fourth-order valence-corrected chi connectivity index (χ4v) is 7.64. The van der Waals surface area contributed by atoms with Crippen molar-refractivity contribution in [2.45, 2.75) is 82.6 Å². The van der Waals surface area contributed by atoms with E-state index in [1.54, 1.807) is 24.5 Å². The van der Waals surface area contributed by atoms with Crippen LogP contribution in [0.1, 0.15) is 49.8 Å². The van der Waals surface area contributed by atoms with E-state index in [9.17, 15) is 33.9 Å². The quantitative estimate of drug-likeness (QED) is 0.0485. The molecule has 2 aromatic heterocycles. The lowest BCUT2D eigenvalue weighted by molar-refractivity contribution is -0.136. The Labute approximate surface area is 363 Å². The number of benzene rings is 3. The Morgan fingerprint density at radius 2 is 1.13 bits per heavy atom. The number of phenols is 1. The molecule has 1 fully saturated rings. The SMILES string of the molecule is CC(C)CC1NC(=O)C(Cc2c[nH]c3ccccc23)NC(=O)C(Cc2ccc(O)cc2)NC(=O)C(Cc2c[nH]c3ccccc23)NC(=O)CNC(=O)C(CCCN=C(N)N)NC1=O. The van der Waals surface area contributed by atoms with E-state index in [0.29, 0.717) is 16.7 Å². The van der Waals surface area contributed by atoms with Crippen LogP contribution in [0.3, 0.4) is 0 Å². The number of nitrogens with zero attached hydrogens (tertiary/aromatic N) is 1. The van der Waals surface area contributed by atoms with E-state index in [2.05, 4.69) is 46.9 Å². The summed E-state index contributed by atoms with van der Waals surface area (Å²) in [5.41, 5.74) is 14.6. The number of aromatic amines is 2. The number of carbonyl (C=O) groups excluding carboxylic acids is 6. The number of nitrogens with two attached hydrogens (primary N) is 2. The summed E-state index contributed by atoms with van der Waals surface area (Å²) in [6.45, 7) is 3.34. The molecular formula is C45H55N11O7. The van der Waals surface area contributed by atoms with Crippen LogP contribution < -0.4 is 43.4 Å². The molecule has 13 N–H and O–H groups in total. The number of fused-ring (bicyclic) bond motifs is 2. The number of H-pyrrole nitrogens is 2. The van der Waals surface area contributed by atoms with Crippen LogP contribution in [0.5, 0.6) is 5.75 Å². The number of carbonyl (C=O) groups is 6. The number of aromatic hydroxyl groups is 1. The van der Waals surface area contributed by atoms with Crippen molar-refractivity contribution in [3.8, 4) is 5.75 Å². The van der Waals surface area contributed by atoms with Crippen LogP contribution in [-0.4, -0.2) is 99.8 Å². The minimum atomic E-state index is -1.30. The molecule has 5 aromatic rings. The first-order valence-electron chi connectivity index (χ1n) is 21.0. The molecule has 0 saturated carbocycles. The van der Waals surface area contributed by atoms with Gasteiger partial charge in [0.25, 0.3) is 0 Å². The molecule has 6 amide bonds. The number of amides is 6. The van der Waals surface area contributed by atoms with E-state index in [-0.39, 0.29) is 62.7 Å². The molecule has 5 unspecified atom stereocenters. The van der Waals surface area contributed by atoms with Crippen molar-refractivity contribution in [3.05, 3.63) is 102 Å². The van der Waals surface area contributed by atoms with Gasteiger partial charge >= 0.3 is 0 Å². The van der Waals surface area contributed by atoms with Crippen molar-refractivity contribution in [2.75, 3.05) is 13.1 Å². The summed E-state index contributed by atoms with van der Waals surface area (Å²) in [6.07, 6.45) is 3.93. The highest BCUT2D eigenvalue weighted by Crippen LogP contribution is 2.22. The van der Waals surface area contributed by atoms with Crippen molar-refractivity contribution < 1.29 is 33.9 Å². The highest BCUT2D eigenvalue weighted by atomic mass is 16.3. The number of aliphatic imine (C=N–C) groups is 1. The van der Waals surface area contributed by atoms with Gasteiger partial charge in [0.05, 0.1) is 6.54 Å². The minimum absolute atomic E-state index is 0.00161. The molecule has 0 spiro atoms. The van der Waals surface area contributed by atoms with Crippen molar-refractivity contribution >= 4 is 63.2 Å². The number of nitrogens with one attached hydrogen (secondary N) is 8. The number of rotatable bonds is 12. The van der Waals surface area contributed by atoms with Gasteiger partial charge in [-0.2, -0.15) is 0 Å². The second kappa shape index (κ2) is 20.9. The lowest BCUT2D eigenvalue weighted by atomic mass is 9.99. The first-order valence-corrected chi connectivity index (χ1v) is 21.0. The van der Waals surface area contributed by atoms with Crippen LogP contribution >= 0.6 is 0 Å². The van der Waals surface area contributed by atoms with Gasteiger partial charge in [-0.15, -0.1) is 0 Å². The molecular weight excluding hydrogens is 807 g/mol. The third-order valence-electron chi connectivity index (χ3n) is 10.8. The van der Waals surface area contributed by atoms with Gasteiger partial charge in [-0.25, -0.2) is 0 Å². The predicted octanol–water partition coefficient (Wildman–Crippen LogP) is 1.04. The van der Waals surface area contributed by atoms with Crippen molar-refractivity contribution in [1.82, 2.24) is 41.9 Å². The van der Waals surface area contributed by atoms with Crippen molar-refractivity contribution in [2.24, 2.45) is 22.4 Å².